The Labute approximate surface area is 183 Å². The van der Waals surface area contributed by atoms with Crippen molar-refractivity contribution in [2.24, 2.45) is 0 Å². The number of amides is 1. The smallest absolute Gasteiger partial charge is 0.264 e. The zero-order valence-corrected chi connectivity index (χ0v) is 18.6. The molecule has 1 N–H and O–H groups in total. The number of carbonyl (C=O) groups is 1. The van der Waals surface area contributed by atoms with Crippen molar-refractivity contribution in [3.63, 3.8) is 0 Å². The molecule has 0 aliphatic carbocycles. The number of sulfonamides is 1. The minimum atomic E-state index is -3.82. The fourth-order valence-corrected chi connectivity index (χ4v) is 4.43. The fourth-order valence-electron chi connectivity index (χ4n) is 3.22. The first-order chi connectivity index (χ1) is 14.9. The third-order valence-electron chi connectivity index (χ3n) is 4.96. The van der Waals surface area contributed by atoms with E-state index in [1.54, 1.807) is 67.8 Å². The van der Waals surface area contributed by atoms with Crippen LogP contribution in [-0.2, 0) is 16.4 Å². The molecule has 0 heterocycles. The van der Waals surface area contributed by atoms with Gasteiger partial charge in [0.2, 0.25) is 0 Å². The molecule has 3 rings (SSSR count). The van der Waals surface area contributed by atoms with Gasteiger partial charge in [-0.3, -0.25) is 9.10 Å². The summed E-state index contributed by atoms with van der Waals surface area (Å²) in [6, 6.07) is 20.4. The van der Waals surface area contributed by atoms with Crippen molar-refractivity contribution in [1.29, 1.82) is 0 Å². The fraction of sp³-hybridized carbons (Fsp3) is 0.208. The molecule has 7 heteroatoms. The lowest BCUT2D eigenvalue weighted by Crippen LogP contribution is -2.29. The van der Waals surface area contributed by atoms with Gasteiger partial charge in [-0.15, -0.1) is 0 Å². The summed E-state index contributed by atoms with van der Waals surface area (Å²) in [5, 5.41) is 2.80. The highest BCUT2D eigenvalue weighted by atomic mass is 32.2. The van der Waals surface area contributed by atoms with Crippen molar-refractivity contribution in [1.82, 2.24) is 0 Å². The summed E-state index contributed by atoms with van der Waals surface area (Å²) in [4.78, 5) is 13.1. The quantitative estimate of drug-likeness (QED) is 0.552. The molecule has 0 aliphatic rings. The number of ether oxygens (including phenoxy) is 1. The summed E-state index contributed by atoms with van der Waals surface area (Å²) < 4.78 is 32.6. The second-order valence-electron chi connectivity index (χ2n) is 7.07. The molecule has 0 fully saturated rings. The molecular formula is C24H26N2O4S. The van der Waals surface area contributed by atoms with Gasteiger partial charge in [-0.1, -0.05) is 37.6 Å². The maximum Gasteiger partial charge on any atom is 0.264 e. The van der Waals surface area contributed by atoms with E-state index in [9.17, 15) is 13.2 Å². The number of anilines is 2. The van der Waals surface area contributed by atoms with Crippen LogP contribution in [0.2, 0.25) is 0 Å². The van der Waals surface area contributed by atoms with Gasteiger partial charge in [-0.25, -0.2) is 8.42 Å². The molecule has 3 aromatic rings. The number of rotatable bonds is 8. The lowest BCUT2D eigenvalue weighted by Gasteiger charge is -2.22. The van der Waals surface area contributed by atoms with Gasteiger partial charge >= 0.3 is 0 Å². The van der Waals surface area contributed by atoms with Gasteiger partial charge in [-0.2, -0.15) is 0 Å². The molecule has 0 saturated carbocycles. The van der Waals surface area contributed by atoms with Crippen LogP contribution in [0.5, 0.6) is 5.75 Å². The highest BCUT2D eigenvalue weighted by Crippen LogP contribution is 2.27. The van der Waals surface area contributed by atoms with Crippen molar-refractivity contribution < 1.29 is 17.9 Å². The summed E-state index contributed by atoms with van der Waals surface area (Å²) in [6.45, 7) is 2.08. The zero-order chi connectivity index (χ0) is 22.4. The molecule has 0 radical (unpaired) electrons. The lowest BCUT2D eigenvalue weighted by molar-refractivity contribution is 0.102. The number of nitrogens with one attached hydrogen (secondary N) is 1. The van der Waals surface area contributed by atoms with Crippen LogP contribution in [0.25, 0.3) is 0 Å². The molecule has 3 aromatic carbocycles. The number of nitrogens with zero attached hydrogens (tertiary/aromatic N) is 1. The molecule has 0 atom stereocenters. The number of hydrogen-bond acceptors (Lipinski definition) is 4. The van der Waals surface area contributed by atoms with E-state index in [-0.39, 0.29) is 10.5 Å². The van der Waals surface area contributed by atoms with Gasteiger partial charge in [0.15, 0.2) is 0 Å². The van der Waals surface area contributed by atoms with Crippen LogP contribution in [0, 0.1) is 0 Å². The Morgan fingerprint density at radius 2 is 1.61 bits per heavy atom. The maximum absolute atomic E-state index is 13.2. The molecular weight excluding hydrogens is 412 g/mol. The second-order valence-corrected chi connectivity index (χ2v) is 9.04. The minimum absolute atomic E-state index is 0.181. The number of aryl methyl sites for hydroxylation is 1. The predicted octanol–water partition coefficient (Wildman–Crippen LogP) is 4.73. The molecule has 0 aliphatic heterocycles. The summed E-state index contributed by atoms with van der Waals surface area (Å²) in [6.07, 6.45) is 1.88. The Morgan fingerprint density at radius 3 is 2.23 bits per heavy atom. The number of carbonyl (C=O) groups excluding carboxylic acids is 1. The molecule has 0 spiro atoms. The maximum atomic E-state index is 13.2. The van der Waals surface area contributed by atoms with E-state index in [0.29, 0.717) is 17.1 Å². The highest BCUT2D eigenvalue weighted by Gasteiger charge is 2.25. The number of para-hydroxylation sites is 1. The van der Waals surface area contributed by atoms with E-state index in [1.165, 1.54) is 7.05 Å². The lowest BCUT2D eigenvalue weighted by atomic mass is 10.1. The van der Waals surface area contributed by atoms with Crippen molar-refractivity contribution in [2.45, 2.75) is 24.7 Å². The van der Waals surface area contributed by atoms with Crippen LogP contribution in [0.15, 0.2) is 77.7 Å². The monoisotopic (exact) mass is 438 g/mol. The van der Waals surface area contributed by atoms with Crippen LogP contribution in [0.3, 0.4) is 0 Å². The first-order valence-electron chi connectivity index (χ1n) is 9.99. The van der Waals surface area contributed by atoms with Gasteiger partial charge in [0, 0.05) is 12.7 Å². The molecule has 0 bridgehead atoms. The summed E-state index contributed by atoms with van der Waals surface area (Å²) in [5.74, 6) is 0.273. The number of hydrogen-bond donors (Lipinski definition) is 1. The van der Waals surface area contributed by atoms with E-state index in [4.69, 9.17) is 4.74 Å². The SMILES string of the molecule is CCCc1ccc(S(=O)(=O)N(C)c2ccccc2C(=O)Nc2ccc(OC)cc2)cc1. The van der Waals surface area contributed by atoms with Gasteiger partial charge in [0.25, 0.3) is 15.9 Å². The van der Waals surface area contributed by atoms with Crippen LogP contribution in [0.4, 0.5) is 11.4 Å². The first-order valence-corrected chi connectivity index (χ1v) is 11.4. The van der Waals surface area contributed by atoms with Crippen LogP contribution >= 0.6 is 0 Å². The van der Waals surface area contributed by atoms with Gasteiger partial charge in [0.1, 0.15) is 5.75 Å². The van der Waals surface area contributed by atoms with Crippen molar-refractivity contribution in [2.75, 3.05) is 23.8 Å². The summed E-state index contributed by atoms with van der Waals surface area (Å²) >= 11 is 0. The first kappa shape index (κ1) is 22.4. The molecule has 0 unspecified atom stereocenters. The topological polar surface area (TPSA) is 75.7 Å². The molecule has 31 heavy (non-hydrogen) atoms. The minimum Gasteiger partial charge on any atom is -0.497 e. The Kier molecular flexibility index (Phi) is 6.97. The second kappa shape index (κ2) is 9.66. The molecule has 0 aromatic heterocycles. The normalized spacial score (nSPS) is 11.1. The van der Waals surface area contributed by atoms with E-state index < -0.39 is 15.9 Å². The van der Waals surface area contributed by atoms with E-state index in [2.05, 4.69) is 12.2 Å². The van der Waals surface area contributed by atoms with Gasteiger partial charge in [-0.05, 0) is 60.5 Å². The average Bonchev–Trinajstić information content (AvgIpc) is 2.79. The van der Waals surface area contributed by atoms with E-state index in [0.717, 1.165) is 22.7 Å². The molecule has 1 amide bonds. The van der Waals surface area contributed by atoms with E-state index in [1.807, 2.05) is 12.1 Å². The standard InChI is InChI=1S/C24H26N2O4S/c1-4-7-18-10-16-21(17-11-18)31(28,29)26(2)23-9-6-5-8-22(23)24(27)25-19-12-14-20(30-3)15-13-19/h5-6,8-17H,4,7H2,1-3H3,(H,25,27). The Hall–Kier alpha value is -3.32. The molecule has 6 nitrogen and oxygen atoms in total. The van der Waals surface area contributed by atoms with Gasteiger partial charge in [0.05, 0.1) is 23.3 Å². The zero-order valence-electron chi connectivity index (χ0n) is 17.8. The van der Waals surface area contributed by atoms with Crippen molar-refractivity contribution >= 4 is 27.3 Å². The van der Waals surface area contributed by atoms with Crippen LogP contribution < -0.4 is 14.4 Å². The predicted molar refractivity (Wildman–Crippen MR) is 123 cm³/mol. The van der Waals surface area contributed by atoms with E-state index >= 15 is 0 Å². The van der Waals surface area contributed by atoms with Crippen LogP contribution in [0.1, 0.15) is 29.3 Å². The van der Waals surface area contributed by atoms with Crippen molar-refractivity contribution in [3.05, 3.63) is 83.9 Å². The third-order valence-corrected chi connectivity index (χ3v) is 6.74. The van der Waals surface area contributed by atoms with Crippen molar-refractivity contribution in [3.8, 4) is 5.75 Å². The largest absolute Gasteiger partial charge is 0.497 e. The molecule has 162 valence electrons. The summed E-state index contributed by atoms with van der Waals surface area (Å²) in [5.41, 5.74) is 2.22. The molecule has 0 saturated heterocycles. The third kappa shape index (κ3) is 5.06. The van der Waals surface area contributed by atoms with Crippen LogP contribution in [-0.4, -0.2) is 28.5 Å². The van der Waals surface area contributed by atoms with Gasteiger partial charge < -0.3 is 10.1 Å². The average molecular weight is 439 g/mol. The number of methoxy groups -OCH3 is 1. The summed E-state index contributed by atoms with van der Waals surface area (Å²) in [7, 11) is -0.805. The Balaban J connectivity index is 1.87. The highest BCUT2D eigenvalue weighted by molar-refractivity contribution is 7.92. The Morgan fingerprint density at radius 1 is 0.968 bits per heavy atom. The number of benzene rings is 3. The Bertz CT molecular complexity index is 1140.